The van der Waals surface area contributed by atoms with E-state index in [0.29, 0.717) is 28.6 Å². The van der Waals surface area contributed by atoms with Gasteiger partial charge in [-0.3, -0.25) is 0 Å². The van der Waals surface area contributed by atoms with E-state index in [1.165, 1.54) is 6.26 Å². The van der Waals surface area contributed by atoms with Gasteiger partial charge >= 0.3 is 0 Å². The molecular weight excluding hydrogens is 428 g/mol. The average Bonchev–Trinajstić information content (AvgIpc) is 3.22. The summed E-state index contributed by atoms with van der Waals surface area (Å²) in [6.45, 7) is 3.80. The van der Waals surface area contributed by atoms with Crippen molar-refractivity contribution < 1.29 is 17.7 Å². The monoisotopic (exact) mass is 452 g/mol. The van der Waals surface area contributed by atoms with Gasteiger partial charge in [-0.05, 0) is 62.4 Å². The number of aromatic nitrogens is 2. The van der Waals surface area contributed by atoms with Gasteiger partial charge in [-0.2, -0.15) is 10.2 Å². The minimum absolute atomic E-state index is 0.0479. The molecule has 3 aromatic rings. The summed E-state index contributed by atoms with van der Waals surface area (Å²) in [6.07, 6.45) is 3.52. The van der Waals surface area contributed by atoms with Crippen molar-refractivity contribution in [2.45, 2.75) is 45.3 Å². The molecule has 0 spiro atoms. The smallest absolute Gasteiger partial charge is 0.258 e. The second-order valence-corrected chi connectivity index (χ2v) is 9.90. The first-order valence-corrected chi connectivity index (χ1v) is 12.3. The first-order chi connectivity index (χ1) is 15.2. The van der Waals surface area contributed by atoms with Gasteiger partial charge in [-0.1, -0.05) is 23.4 Å². The van der Waals surface area contributed by atoms with E-state index in [1.807, 2.05) is 32.0 Å². The van der Waals surface area contributed by atoms with Crippen LogP contribution in [-0.2, 0) is 16.4 Å². The van der Waals surface area contributed by atoms with Crippen molar-refractivity contribution >= 4 is 10.0 Å². The molecule has 8 nitrogen and oxygen atoms in total. The molecule has 4 rings (SSSR count). The molecule has 1 aliphatic rings. The van der Waals surface area contributed by atoms with E-state index in [-0.39, 0.29) is 12.1 Å². The second kappa shape index (κ2) is 8.73. The molecule has 166 valence electrons. The lowest BCUT2D eigenvalue weighted by Gasteiger charge is -2.26. The van der Waals surface area contributed by atoms with Gasteiger partial charge in [-0.25, -0.2) is 13.1 Å². The molecule has 1 heterocycles. The van der Waals surface area contributed by atoms with E-state index >= 15 is 0 Å². The summed E-state index contributed by atoms with van der Waals surface area (Å²) < 4.78 is 37.4. The second-order valence-electron chi connectivity index (χ2n) is 8.12. The summed E-state index contributed by atoms with van der Waals surface area (Å²) in [5.41, 5.74) is 3.79. The lowest BCUT2D eigenvalue weighted by molar-refractivity contribution is 0.241. The van der Waals surface area contributed by atoms with Gasteiger partial charge in [-0.15, -0.1) is 0 Å². The molecule has 0 bridgehead atoms. The van der Waals surface area contributed by atoms with Crippen molar-refractivity contribution in [2.24, 2.45) is 0 Å². The number of benzene rings is 2. The Hall–Kier alpha value is -3.22. The first-order valence-electron chi connectivity index (χ1n) is 10.4. The molecule has 0 saturated heterocycles. The number of sulfonamides is 1. The summed E-state index contributed by atoms with van der Waals surface area (Å²) in [6, 6.07) is 12.8. The van der Waals surface area contributed by atoms with Gasteiger partial charge in [0.05, 0.1) is 17.9 Å². The molecule has 1 atom stereocenters. The third kappa shape index (κ3) is 4.66. The SMILES string of the molecule is CC(C)Oc1ccc(-c2nc(-c3cccc4c3CCC[C@H]4NS(C)(=O)=O)no2)cc1C#N. The van der Waals surface area contributed by atoms with E-state index in [0.717, 1.165) is 36.0 Å². The maximum Gasteiger partial charge on any atom is 0.258 e. The molecule has 0 radical (unpaired) electrons. The summed E-state index contributed by atoms with van der Waals surface area (Å²) in [5, 5.41) is 13.6. The molecule has 0 unspecified atom stereocenters. The van der Waals surface area contributed by atoms with E-state index < -0.39 is 10.0 Å². The number of fused-ring (bicyclic) bond motifs is 1. The van der Waals surface area contributed by atoms with Crippen LogP contribution in [0.1, 0.15) is 49.4 Å². The van der Waals surface area contributed by atoms with Crippen LogP contribution in [0.5, 0.6) is 5.75 Å². The largest absolute Gasteiger partial charge is 0.490 e. The van der Waals surface area contributed by atoms with Crippen LogP contribution in [0.2, 0.25) is 0 Å². The van der Waals surface area contributed by atoms with Crippen molar-refractivity contribution in [1.29, 1.82) is 5.26 Å². The maximum absolute atomic E-state index is 11.8. The molecule has 0 fully saturated rings. The van der Waals surface area contributed by atoms with Gasteiger partial charge < -0.3 is 9.26 Å². The van der Waals surface area contributed by atoms with Gasteiger partial charge in [0.2, 0.25) is 15.8 Å². The fraction of sp³-hybridized carbons (Fsp3) is 0.348. The zero-order valence-electron chi connectivity index (χ0n) is 18.1. The van der Waals surface area contributed by atoms with E-state index in [1.54, 1.807) is 18.2 Å². The summed E-state index contributed by atoms with van der Waals surface area (Å²) >= 11 is 0. The standard InChI is InChI=1S/C23H24N4O4S/c1-14(2)30-21-11-10-15(12-16(21)13-24)23-25-22(26-31-23)19-8-4-7-18-17(19)6-5-9-20(18)27-32(3,28)29/h4,7-8,10-12,14,20,27H,5-6,9H2,1-3H3/t20-/m1/s1. The van der Waals surface area contributed by atoms with Crippen LogP contribution in [0.15, 0.2) is 40.9 Å². The topological polar surface area (TPSA) is 118 Å². The fourth-order valence-corrected chi connectivity index (χ4v) is 4.76. The van der Waals surface area contributed by atoms with Crippen molar-refractivity contribution in [3.63, 3.8) is 0 Å². The summed E-state index contributed by atoms with van der Waals surface area (Å²) in [5.74, 6) is 1.23. The number of nitrogens with zero attached hydrogens (tertiary/aromatic N) is 3. The molecule has 9 heteroatoms. The minimum Gasteiger partial charge on any atom is -0.490 e. The molecule has 0 saturated carbocycles. The number of nitriles is 1. The Morgan fingerprint density at radius 1 is 1.28 bits per heavy atom. The molecule has 2 aromatic carbocycles. The number of nitrogens with one attached hydrogen (secondary N) is 1. The van der Waals surface area contributed by atoms with Crippen molar-refractivity contribution in [3.05, 3.63) is 53.1 Å². The van der Waals surface area contributed by atoms with Crippen LogP contribution in [0, 0.1) is 11.3 Å². The number of hydrogen-bond donors (Lipinski definition) is 1. The predicted molar refractivity (Wildman–Crippen MR) is 119 cm³/mol. The highest BCUT2D eigenvalue weighted by Gasteiger charge is 2.26. The summed E-state index contributed by atoms with van der Waals surface area (Å²) in [7, 11) is -3.33. The zero-order chi connectivity index (χ0) is 22.9. The van der Waals surface area contributed by atoms with Gasteiger partial charge in [0.15, 0.2) is 0 Å². The normalized spacial score (nSPS) is 15.9. The van der Waals surface area contributed by atoms with Crippen LogP contribution >= 0.6 is 0 Å². The fourth-order valence-electron chi connectivity index (χ4n) is 4.00. The van der Waals surface area contributed by atoms with Crippen molar-refractivity contribution in [3.8, 4) is 34.7 Å². The van der Waals surface area contributed by atoms with Gasteiger partial charge in [0, 0.05) is 17.2 Å². The Kier molecular flexibility index (Phi) is 6.00. The quantitative estimate of drug-likeness (QED) is 0.601. The third-order valence-electron chi connectivity index (χ3n) is 5.24. The Morgan fingerprint density at radius 2 is 2.09 bits per heavy atom. The highest BCUT2D eigenvalue weighted by atomic mass is 32.2. The van der Waals surface area contributed by atoms with E-state index in [4.69, 9.17) is 9.26 Å². The Balaban J connectivity index is 1.68. The Bertz CT molecular complexity index is 1290. The molecule has 0 aliphatic heterocycles. The maximum atomic E-state index is 11.8. The van der Waals surface area contributed by atoms with Crippen LogP contribution in [0.4, 0.5) is 0 Å². The van der Waals surface area contributed by atoms with Crippen LogP contribution in [0.25, 0.3) is 22.8 Å². The molecule has 1 N–H and O–H groups in total. The minimum atomic E-state index is -3.33. The molecule has 32 heavy (non-hydrogen) atoms. The molecular formula is C23H24N4O4S. The van der Waals surface area contributed by atoms with Crippen LogP contribution < -0.4 is 9.46 Å². The number of rotatable bonds is 6. The lowest BCUT2D eigenvalue weighted by atomic mass is 9.85. The zero-order valence-corrected chi connectivity index (χ0v) is 18.9. The highest BCUT2D eigenvalue weighted by molar-refractivity contribution is 7.88. The van der Waals surface area contributed by atoms with E-state index in [2.05, 4.69) is 20.9 Å². The third-order valence-corrected chi connectivity index (χ3v) is 5.95. The van der Waals surface area contributed by atoms with Crippen molar-refractivity contribution in [2.75, 3.05) is 6.26 Å². The first kappa shape index (κ1) is 22.0. The lowest BCUT2D eigenvalue weighted by Crippen LogP contribution is -2.30. The average molecular weight is 453 g/mol. The summed E-state index contributed by atoms with van der Waals surface area (Å²) in [4.78, 5) is 4.56. The van der Waals surface area contributed by atoms with E-state index in [9.17, 15) is 13.7 Å². The van der Waals surface area contributed by atoms with Crippen LogP contribution in [-0.4, -0.2) is 30.9 Å². The molecule has 0 amide bonds. The molecule has 1 aliphatic carbocycles. The van der Waals surface area contributed by atoms with Crippen LogP contribution in [0.3, 0.4) is 0 Å². The number of ether oxygens (including phenoxy) is 1. The highest BCUT2D eigenvalue weighted by Crippen LogP contribution is 2.36. The van der Waals surface area contributed by atoms with Gasteiger partial charge in [0.1, 0.15) is 11.8 Å². The molecule has 1 aromatic heterocycles. The van der Waals surface area contributed by atoms with Crippen molar-refractivity contribution in [1.82, 2.24) is 14.9 Å². The van der Waals surface area contributed by atoms with Gasteiger partial charge in [0.25, 0.3) is 5.89 Å². The Morgan fingerprint density at radius 3 is 2.81 bits per heavy atom. The predicted octanol–water partition coefficient (Wildman–Crippen LogP) is 3.99. The Labute approximate surface area is 187 Å². The number of hydrogen-bond acceptors (Lipinski definition) is 7.